The molecule has 2 aliphatic rings. The standard InChI is InChI=1S/C23H25F2N3O2/c24-19-9-7-16(8-10-19)12-26-23(30)27-14-18-4-2-6-22(29)28(21(18)15-27)13-17-3-1-5-20(25)11-17/h1,3,5,7-11,18,21H,2,4,6,12-15H2,(H,26,30)/t18-,21+/m1/s1. The monoisotopic (exact) mass is 413 g/mol. The summed E-state index contributed by atoms with van der Waals surface area (Å²) in [5.74, 6) is -0.366. The topological polar surface area (TPSA) is 52.7 Å². The average Bonchev–Trinajstić information content (AvgIpc) is 3.09. The summed E-state index contributed by atoms with van der Waals surface area (Å²) in [6.07, 6.45) is 2.17. The van der Waals surface area contributed by atoms with Crippen LogP contribution in [0.2, 0.25) is 0 Å². The van der Waals surface area contributed by atoms with E-state index in [0.29, 0.717) is 32.6 Å². The van der Waals surface area contributed by atoms with Gasteiger partial charge in [0.2, 0.25) is 5.91 Å². The maximum absolute atomic E-state index is 13.6. The van der Waals surface area contributed by atoms with Gasteiger partial charge in [-0.1, -0.05) is 24.3 Å². The zero-order chi connectivity index (χ0) is 21.1. The summed E-state index contributed by atoms with van der Waals surface area (Å²) < 4.78 is 26.6. The SMILES string of the molecule is O=C(NCc1ccc(F)cc1)N1C[C@H]2CCCC(=O)N(Cc3cccc(F)c3)[C@H]2C1. The highest BCUT2D eigenvalue weighted by atomic mass is 19.1. The molecule has 7 heteroatoms. The molecule has 0 bridgehead atoms. The lowest BCUT2D eigenvalue weighted by atomic mass is 9.98. The van der Waals surface area contributed by atoms with E-state index >= 15 is 0 Å². The van der Waals surface area contributed by atoms with Gasteiger partial charge in [-0.3, -0.25) is 4.79 Å². The largest absolute Gasteiger partial charge is 0.334 e. The van der Waals surface area contributed by atoms with Crippen molar-refractivity contribution >= 4 is 11.9 Å². The van der Waals surface area contributed by atoms with Crippen LogP contribution in [0.4, 0.5) is 13.6 Å². The lowest BCUT2D eigenvalue weighted by Gasteiger charge is -2.30. The minimum Gasteiger partial charge on any atom is -0.334 e. The molecule has 0 spiro atoms. The van der Waals surface area contributed by atoms with Crippen LogP contribution < -0.4 is 5.32 Å². The van der Waals surface area contributed by atoms with Crippen LogP contribution in [0.5, 0.6) is 0 Å². The highest BCUT2D eigenvalue weighted by Crippen LogP contribution is 2.31. The number of carbonyl (C=O) groups excluding carboxylic acids is 2. The fourth-order valence-electron chi connectivity index (χ4n) is 4.43. The third kappa shape index (κ3) is 4.61. The molecule has 3 amide bonds. The first kappa shape index (κ1) is 20.3. The number of benzene rings is 2. The number of urea groups is 1. The van der Waals surface area contributed by atoms with Crippen molar-refractivity contribution in [3.05, 3.63) is 71.3 Å². The van der Waals surface area contributed by atoms with Crippen LogP contribution in [0.15, 0.2) is 48.5 Å². The van der Waals surface area contributed by atoms with Crippen molar-refractivity contribution in [2.45, 2.75) is 38.4 Å². The third-order valence-corrected chi connectivity index (χ3v) is 5.98. The second kappa shape index (κ2) is 8.81. The Morgan fingerprint density at radius 1 is 1.03 bits per heavy atom. The number of nitrogens with one attached hydrogen (secondary N) is 1. The molecule has 0 unspecified atom stereocenters. The van der Waals surface area contributed by atoms with Crippen molar-refractivity contribution in [1.29, 1.82) is 0 Å². The highest BCUT2D eigenvalue weighted by Gasteiger charge is 2.41. The maximum Gasteiger partial charge on any atom is 0.317 e. The Hall–Kier alpha value is -2.96. The van der Waals surface area contributed by atoms with Crippen molar-refractivity contribution in [3.8, 4) is 0 Å². The van der Waals surface area contributed by atoms with Crippen LogP contribution in [-0.2, 0) is 17.9 Å². The fraction of sp³-hybridized carbons (Fsp3) is 0.391. The molecule has 0 aliphatic carbocycles. The molecule has 2 aliphatic heterocycles. The predicted molar refractivity (Wildman–Crippen MR) is 108 cm³/mol. The van der Waals surface area contributed by atoms with E-state index in [0.717, 1.165) is 24.0 Å². The van der Waals surface area contributed by atoms with Gasteiger partial charge in [0, 0.05) is 32.6 Å². The Bertz CT molecular complexity index is 919. The molecule has 2 fully saturated rings. The molecule has 2 heterocycles. The van der Waals surface area contributed by atoms with Crippen molar-refractivity contribution in [3.63, 3.8) is 0 Å². The van der Waals surface area contributed by atoms with E-state index in [1.807, 2.05) is 11.0 Å². The van der Waals surface area contributed by atoms with E-state index in [4.69, 9.17) is 0 Å². The van der Waals surface area contributed by atoms with E-state index in [9.17, 15) is 18.4 Å². The number of halogens is 2. The van der Waals surface area contributed by atoms with Crippen LogP contribution in [-0.4, -0.2) is 40.9 Å². The molecule has 0 aromatic heterocycles. The van der Waals surface area contributed by atoms with Crippen molar-refractivity contribution in [2.24, 2.45) is 5.92 Å². The first-order chi connectivity index (χ1) is 14.5. The summed E-state index contributed by atoms with van der Waals surface area (Å²) in [6.45, 7) is 1.72. The third-order valence-electron chi connectivity index (χ3n) is 5.98. The molecule has 0 saturated carbocycles. The zero-order valence-corrected chi connectivity index (χ0v) is 16.7. The van der Waals surface area contributed by atoms with Gasteiger partial charge in [0.25, 0.3) is 0 Å². The van der Waals surface area contributed by atoms with Gasteiger partial charge in [0.1, 0.15) is 11.6 Å². The van der Waals surface area contributed by atoms with Crippen molar-refractivity contribution in [2.75, 3.05) is 13.1 Å². The number of hydrogen-bond donors (Lipinski definition) is 1. The second-order valence-electron chi connectivity index (χ2n) is 8.06. The van der Waals surface area contributed by atoms with Gasteiger partial charge in [-0.15, -0.1) is 0 Å². The summed E-state index contributed by atoms with van der Waals surface area (Å²) >= 11 is 0. The van der Waals surface area contributed by atoms with Crippen LogP contribution >= 0.6 is 0 Å². The molecule has 2 atom stereocenters. The van der Waals surface area contributed by atoms with E-state index in [1.165, 1.54) is 24.3 Å². The van der Waals surface area contributed by atoms with Crippen LogP contribution in [0.25, 0.3) is 0 Å². The number of likely N-dealkylation sites (tertiary alicyclic amines) is 2. The molecule has 5 nitrogen and oxygen atoms in total. The van der Waals surface area contributed by atoms with Crippen LogP contribution in [0.1, 0.15) is 30.4 Å². The van der Waals surface area contributed by atoms with Crippen LogP contribution in [0.3, 0.4) is 0 Å². The molecule has 158 valence electrons. The zero-order valence-electron chi connectivity index (χ0n) is 16.7. The quantitative estimate of drug-likeness (QED) is 0.831. The molecule has 0 radical (unpaired) electrons. The number of nitrogens with zero attached hydrogens (tertiary/aromatic N) is 2. The fourth-order valence-corrected chi connectivity index (χ4v) is 4.43. The summed E-state index contributed by atoms with van der Waals surface area (Å²) in [5, 5.41) is 2.88. The van der Waals surface area contributed by atoms with Gasteiger partial charge in [-0.2, -0.15) is 0 Å². The van der Waals surface area contributed by atoms with Crippen molar-refractivity contribution in [1.82, 2.24) is 15.1 Å². The minimum absolute atomic E-state index is 0.0559. The van der Waals surface area contributed by atoms with E-state index in [-0.39, 0.29) is 35.5 Å². The van der Waals surface area contributed by atoms with Gasteiger partial charge in [0.05, 0.1) is 6.04 Å². The number of hydrogen-bond acceptors (Lipinski definition) is 2. The molecule has 2 saturated heterocycles. The smallest absolute Gasteiger partial charge is 0.317 e. The Balaban J connectivity index is 1.42. The summed E-state index contributed by atoms with van der Waals surface area (Å²) in [4.78, 5) is 29.0. The summed E-state index contributed by atoms with van der Waals surface area (Å²) in [7, 11) is 0. The van der Waals surface area contributed by atoms with Gasteiger partial charge in [-0.25, -0.2) is 13.6 Å². The maximum atomic E-state index is 13.6. The van der Waals surface area contributed by atoms with E-state index < -0.39 is 0 Å². The molecule has 4 rings (SSSR count). The Morgan fingerprint density at radius 3 is 2.60 bits per heavy atom. The predicted octanol–water partition coefficient (Wildman–Crippen LogP) is 3.69. The van der Waals surface area contributed by atoms with Gasteiger partial charge >= 0.3 is 6.03 Å². The van der Waals surface area contributed by atoms with Crippen molar-refractivity contribution < 1.29 is 18.4 Å². The number of rotatable bonds is 4. The Kier molecular flexibility index (Phi) is 5.97. The molecule has 2 aromatic rings. The number of amides is 3. The highest BCUT2D eigenvalue weighted by molar-refractivity contribution is 5.78. The normalized spacial score (nSPS) is 21.3. The molecular weight excluding hydrogens is 388 g/mol. The molecule has 1 N–H and O–H groups in total. The molecular formula is C23H25F2N3O2. The summed E-state index contributed by atoms with van der Waals surface area (Å²) in [6, 6.07) is 12.1. The first-order valence-electron chi connectivity index (χ1n) is 10.3. The van der Waals surface area contributed by atoms with E-state index in [2.05, 4.69) is 5.32 Å². The van der Waals surface area contributed by atoms with Gasteiger partial charge in [0.15, 0.2) is 0 Å². The first-order valence-corrected chi connectivity index (χ1v) is 10.3. The number of carbonyl (C=O) groups is 2. The van der Waals surface area contributed by atoms with Gasteiger partial charge in [-0.05, 0) is 54.2 Å². The molecule has 30 heavy (non-hydrogen) atoms. The minimum atomic E-state index is -0.320. The lowest BCUT2D eigenvalue weighted by molar-refractivity contribution is -0.133. The second-order valence-corrected chi connectivity index (χ2v) is 8.06. The molecule has 2 aromatic carbocycles. The average molecular weight is 413 g/mol. The summed E-state index contributed by atoms with van der Waals surface area (Å²) in [5.41, 5.74) is 1.57. The van der Waals surface area contributed by atoms with Gasteiger partial charge < -0.3 is 15.1 Å². The van der Waals surface area contributed by atoms with E-state index in [1.54, 1.807) is 23.1 Å². The Morgan fingerprint density at radius 2 is 1.83 bits per heavy atom. The number of fused-ring (bicyclic) bond motifs is 1. The lowest BCUT2D eigenvalue weighted by Crippen LogP contribution is -2.44. The Labute approximate surface area is 174 Å². The van der Waals surface area contributed by atoms with Crippen LogP contribution in [0, 0.1) is 17.6 Å².